The maximum atomic E-state index is 13.3. The zero-order valence-electron chi connectivity index (χ0n) is 26.7. The first-order valence-electron chi connectivity index (χ1n) is 16.2. The minimum atomic E-state index is -0.328. The van der Waals surface area contributed by atoms with Gasteiger partial charge in [0.2, 0.25) is 11.8 Å². The summed E-state index contributed by atoms with van der Waals surface area (Å²) in [6, 6.07) is 15.8. The van der Waals surface area contributed by atoms with Gasteiger partial charge in [0.25, 0.3) is 11.5 Å². The molecule has 0 spiro atoms. The molecule has 47 heavy (non-hydrogen) atoms. The number of likely N-dealkylation sites (N-methyl/N-ethyl adjacent to an activating group) is 1. The number of anilines is 1. The van der Waals surface area contributed by atoms with Crippen LogP contribution < -0.4 is 16.2 Å². The molecule has 10 nitrogen and oxygen atoms in total. The van der Waals surface area contributed by atoms with Gasteiger partial charge in [0, 0.05) is 62.7 Å². The summed E-state index contributed by atoms with van der Waals surface area (Å²) in [6.45, 7) is 3.03. The number of nitrogens with one attached hydrogen (secondary N) is 2. The van der Waals surface area contributed by atoms with Crippen molar-refractivity contribution in [3.8, 4) is 11.8 Å². The predicted octanol–water partition coefficient (Wildman–Crippen LogP) is 3.76. The van der Waals surface area contributed by atoms with Crippen molar-refractivity contribution in [3.63, 3.8) is 0 Å². The van der Waals surface area contributed by atoms with Crippen LogP contribution in [-0.2, 0) is 16.6 Å². The van der Waals surface area contributed by atoms with Gasteiger partial charge in [-0.05, 0) is 74.0 Å². The maximum absolute atomic E-state index is 13.3. The van der Waals surface area contributed by atoms with Crippen LogP contribution in [0.3, 0.4) is 0 Å². The standard InChI is InChI=1S/C36H39ClN6O4/c1-41-21-28(19-29(22-41)39-31-20-38-42(2)36(47)33(31)37)25-9-11-27(12-10-25)35(46)43-17-15-24(16-18-43)4-3-23-5-7-26(8-6-23)30-13-14-32(44)40-34(30)45/h5-12,20,24,28-30,39H,13-19,21-22H2,1-2H3,(H,40,44,45). The molecule has 3 saturated heterocycles. The number of carbonyl (C=O) groups excluding carboxylic acids is 3. The van der Waals surface area contributed by atoms with Crippen LogP contribution in [0.1, 0.15) is 71.0 Å². The number of aromatic nitrogens is 2. The van der Waals surface area contributed by atoms with Crippen LogP contribution in [0.15, 0.2) is 59.5 Å². The summed E-state index contributed by atoms with van der Waals surface area (Å²) in [5.74, 6) is 6.41. The van der Waals surface area contributed by atoms with Crippen LogP contribution in [0.4, 0.5) is 5.69 Å². The van der Waals surface area contributed by atoms with Crippen LogP contribution in [0.25, 0.3) is 0 Å². The molecule has 3 aliphatic rings. The van der Waals surface area contributed by atoms with Crippen molar-refractivity contribution in [2.45, 2.75) is 50.0 Å². The fourth-order valence-corrected chi connectivity index (χ4v) is 7.03. The molecule has 2 N–H and O–H groups in total. The fraction of sp³-hybridized carbons (Fsp3) is 0.417. The van der Waals surface area contributed by atoms with E-state index in [0.29, 0.717) is 37.2 Å². The summed E-state index contributed by atoms with van der Waals surface area (Å²) in [5.41, 5.74) is 3.86. The second-order valence-corrected chi connectivity index (χ2v) is 13.3. The summed E-state index contributed by atoms with van der Waals surface area (Å²) in [6.07, 6.45) is 4.98. The Morgan fingerprint density at radius 1 is 0.957 bits per heavy atom. The van der Waals surface area contributed by atoms with E-state index in [0.717, 1.165) is 43.5 Å². The topological polar surface area (TPSA) is 117 Å². The largest absolute Gasteiger partial charge is 0.378 e. The molecular formula is C36H39ClN6O4. The number of rotatable bonds is 5. The van der Waals surface area contributed by atoms with Crippen LogP contribution >= 0.6 is 11.6 Å². The molecule has 2 aromatic carbocycles. The van der Waals surface area contributed by atoms with Gasteiger partial charge in [-0.2, -0.15) is 5.10 Å². The van der Waals surface area contributed by atoms with E-state index in [4.69, 9.17) is 11.6 Å². The monoisotopic (exact) mass is 654 g/mol. The minimum Gasteiger partial charge on any atom is -0.378 e. The van der Waals surface area contributed by atoms with E-state index >= 15 is 0 Å². The third kappa shape index (κ3) is 7.58. The molecule has 3 fully saturated rings. The van der Waals surface area contributed by atoms with Crippen molar-refractivity contribution in [2.24, 2.45) is 13.0 Å². The summed E-state index contributed by atoms with van der Waals surface area (Å²) in [5, 5.41) is 10.1. The molecular weight excluding hydrogens is 616 g/mol. The molecule has 1 aromatic heterocycles. The van der Waals surface area contributed by atoms with E-state index in [1.807, 2.05) is 41.3 Å². The Hall–Kier alpha value is -4.46. The quantitative estimate of drug-likeness (QED) is 0.318. The second-order valence-electron chi connectivity index (χ2n) is 12.9. The highest BCUT2D eigenvalue weighted by atomic mass is 35.5. The van der Waals surface area contributed by atoms with Gasteiger partial charge in [0.15, 0.2) is 0 Å². The van der Waals surface area contributed by atoms with Crippen molar-refractivity contribution in [1.82, 2.24) is 24.9 Å². The minimum absolute atomic E-state index is 0.0418. The predicted molar refractivity (Wildman–Crippen MR) is 180 cm³/mol. The maximum Gasteiger partial charge on any atom is 0.287 e. The Morgan fingerprint density at radius 2 is 1.66 bits per heavy atom. The van der Waals surface area contributed by atoms with Crippen LogP contribution in [0, 0.1) is 17.8 Å². The number of carbonyl (C=O) groups is 3. The lowest BCUT2D eigenvalue weighted by Crippen LogP contribution is -2.43. The van der Waals surface area contributed by atoms with Gasteiger partial charge < -0.3 is 15.1 Å². The van der Waals surface area contributed by atoms with E-state index < -0.39 is 0 Å². The number of nitrogens with zero attached hydrogens (tertiary/aromatic N) is 4. The van der Waals surface area contributed by atoms with Gasteiger partial charge in [-0.15, -0.1) is 0 Å². The van der Waals surface area contributed by atoms with Gasteiger partial charge in [0.1, 0.15) is 5.02 Å². The summed E-state index contributed by atoms with van der Waals surface area (Å²) in [4.78, 5) is 53.3. The molecule has 3 aliphatic heterocycles. The van der Waals surface area contributed by atoms with Crippen LogP contribution in [0.2, 0.25) is 5.02 Å². The molecule has 0 bridgehead atoms. The number of hydrogen-bond acceptors (Lipinski definition) is 7. The molecule has 3 atom stereocenters. The van der Waals surface area contributed by atoms with Crippen molar-refractivity contribution < 1.29 is 14.4 Å². The molecule has 0 aliphatic carbocycles. The Bertz CT molecular complexity index is 1770. The summed E-state index contributed by atoms with van der Waals surface area (Å²) in [7, 11) is 3.65. The zero-order chi connectivity index (χ0) is 33.1. The second kappa shape index (κ2) is 14.1. The first kappa shape index (κ1) is 32.5. The van der Waals surface area contributed by atoms with E-state index in [1.54, 1.807) is 13.2 Å². The number of imide groups is 1. The number of benzene rings is 2. The highest BCUT2D eigenvalue weighted by Gasteiger charge is 2.29. The number of amides is 3. The van der Waals surface area contributed by atoms with Crippen molar-refractivity contribution in [3.05, 3.63) is 92.4 Å². The molecule has 3 aromatic rings. The summed E-state index contributed by atoms with van der Waals surface area (Å²) >= 11 is 6.29. The van der Waals surface area contributed by atoms with E-state index in [-0.39, 0.29) is 52.1 Å². The highest BCUT2D eigenvalue weighted by Crippen LogP contribution is 2.30. The normalized spacial score (nSPS) is 22.3. The van der Waals surface area contributed by atoms with E-state index in [2.05, 4.69) is 51.7 Å². The Morgan fingerprint density at radius 3 is 2.36 bits per heavy atom. The smallest absolute Gasteiger partial charge is 0.287 e. The van der Waals surface area contributed by atoms with Crippen LogP contribution in [-0.4, -0.2) is 76.6 Å². The Kier molecular flexibility index (Phi) is 9.76. The molecule has 11 heteroatoms. The first-order chi connectivity index (χ1) is 22.6. The molecule has 0 radical (unpaired) electrons. The van der Waals surface area contributed by atoms with Crippen molar-refractivity contribution in [1.29, 1.82) is 0 Å². The molecule has 3 unspecified atom stereocenters. The zero-order valence-corrected chi connectivity index (χ0v) is 27.4. The SMILES string of the molecule is CN1CC(Nc2cnn(C)c(=O)c2Cl)CC(c2ccc(C(=O)N3CCC(C#Cc4ccc(C5CCC(=O)NC5=O)cc4)CC3)cc2)C1. The average Bonchev–Trinajstić information content (AvgIpc) is 3.08. The van der Waals surface area contributed by atoms with Crippen molar-refractivity contribution >= 4 is 35.0 Å². The molecule has 6 rings (SSSR count). The Balaban J connectivity index is 1.01. The lowest BCUT2D eigenvalue weighted by molar-refractivity contribution is -0.134. The van der Waals surface area contributed by atoms with E-state index in [1.165, 1.54) is 10.2 Å². The molecule has 0 saturated carbocycles. The highest BCUT2D eigenvalue weighted by molar-refractivity contribution is 6.32. The van der Waals surface area contributed by atoms with Gasteiger partial charge >= 0.3 is 0 Å². The molecule has 244 valence electrons. The van der Waals surface area contributed by atoms with Gasteiger partial charge in [-0.25, -0.2) is 4.68 Å². The van der Waals surface area contributed by atoms with Gasteiger partial charge in [-0.1, -0.05) is 47.7 Å². The number of hydrogen-bond donors (Lipinski definition) is 2. The Labute approximate surface area is 279 Å². The number of halogens is 1. The third-order valence-electron chi connectivity index (χ3n) is 9.46. The van der Waals surface area contributed by atoms with Gasteiger partial charge in [-0.3, -0.25) is 24.5 Å². The summed E-state index contributed by atoms with van der Waals surface area (Å²) < 4.78 is 1.22. The number of aryl methyl sites for hydroxylation is 1. The molecule has 3 amide bonds. The lowest BCUT2D eigenvalue weighted by Gasteiger charge is -2.37. The number of piperidine rings is 3. The van der Waals surface area contributed by atoms with E-state index in [9.17, 15) is 19.2 Å². The average molecular weight is 655 g/mol. The fourth-order valence-electron chi connectivity index (χ4n) is 6.80. The van der Waals surface area contributed by atoms with Gasteiger partial charge in [0.05, 0.1) is 17.8 Å². The lowest BCUT2D eigenvalue weighted by atomic mass is 9.87. The molecule has 4 heterocycles. The number of likely N-dealkylation sites (tertiary alicyclic amines) is 2. The van der Waals surface area contributed by atoms with Crippen molar-refractivity contribution in [2.75, 3.05) is 38.5 Å². The third-order valence-corrected chi connectivity index (χ3v) is 9.82. The van der Waals surface area contributed by atoms with Crippen LogP contribution in [0.5, 0.6) is 0 Å². The first-order valence-corrected chi connectivity index (χ1v) is 16.5.